The summed E-state index contributed by atoms with van der Waals surface area (Å²) in [6, 6.07) is 9.21. The van der Waals surface area contributed by atoms with E-state index in [1.54, 1.807) is 38.7 Å². The number of hydrogen-bond acceptors (Lipinski definition) is 7. The number of methoxy groups -OCH3 is 2. The molecule has 3 rings (SSSR count). The third-order valence-corrected chi connectivity index (χ3v) is 6.08. The predicted octanol–water partition coefficient (Wildman–Crippen LogP) is 5.77. The zero-order valence-electron chi connectivity index (χ0n) is 23.6. The van der Waals surface area contributed by atoms with E-state index in [-0.39, 0.29) is 5.91 Å². The second-order valence-corrected chi connectivity index (χ2v) is 10.2. The molecule has 1 amide bonds. The molecule has 0 atom stereocenters. The fraction of sp³-hybridized carbons (Fsp3) is 0.367. The van der Waals surface area contributed by atoms with Crippen molar-refractivity contribution in [3.63, 3.8) is 0 Å². The summed E-state index contributed by atoms with van der Waals surface area (Å²) in [6.07, 6.45) is 3.24. The molecule has 0 bridgehead atoms. The van der Waals surface area contributed by atoms with E-state index in [9.17, 15) is 4.79 Å². The van der Waals surface area contributed by atoms with Crippen molar-refractivity contribution in [1.82, 2.24) is 15.3 Å². The van der Waals surface area contributed by atoms with E-state index >= 15 is 0 Å². The van der Waals surface area contributed by atoms with Gasteiger partial charge >= 0.3 is 0 Å². The van der Waals surface area contributed by atoms with Crippen LogP contribution in [-0.2, 0) is 0 Å². The Kier molecular flexibility index (Phi) is 10.4. The second kappa shape index (κ2) is 13.7. The topological polar surface area (TPSA) is 88.6 Å². The van der Waals surface area contributed by atoms with Gasteiger partial charge in [-0.3, -0.25) is 4.79 Å². The molecule has 0 spiro atoms. The lowest BCUT2D eigenvalue weighted by molar-refractivity contribution is 0.0962. The fourth-order valence-corrected chi connectivity index (χ4v) is 4.24. The van der Waals surface area contributed by atoms with Crippen LogP contribution in [0.2, 0.25) is 5.02 Å². The summed E-state index contributed by atoms with van der Waals surface area (Å²) in [5, 5.41) is 6.14. The van der Waals surface area contributed by atoms with Crippen molar-refractivity contribution in [2.24, 2.45) is 11.8 Å². The molecule has 206 valence electrons. The van der Waals surface area contributed by atoms with Gasteiger partial charge in [0.05, 0.1) is 30.5 Å². The molecule has 2 N–H and O–H groups in total. The quantitative estimate of drug-likeness (QED) is 0.310. The maximum atomic E-state index is 12.1. The number of halogens is 1. The SMILES string of the molecule is CNC(=O)c1cc(C#Cc2cnc(Nc3ccc(N(CC(C)C)CC(C)C)c(OC)c3)nc2)c(Cl)c(OC)c1. The molecule has 0 aliphatic heterocycles. The number of carbonyl (C=O) groups is 1. The van der Waals surface area contributed by atoms with E-state index < -0.39 is 0 Å². The number of ether oxygens (including phenoxy) is 2. The van der Waals surface area contributed by atoms with Crippen LogP contribution in [0.25, 0.3) is 0 Å². The van der Waals surface area contributed by atoms with E-state index in [2.05, 4.69) is 71.1 Å². The van der Waals surface area contributed by atoms with Gasteiger partial charge in [0.15, 0.2) is 0 Å². The Morgan fingerprint density at radius 1 is 0.974 bits per heavy atom. The Labute approximate surface area is 236 Å². The van der Waals surface area contributed by atoms with E-state index in [4.69, 9.17) is 21.1 Å². The lowest BCUT2D eigenvalue weighted by Crippen LogP contribution is -2.31. The largest absolute Gasteiger partial charge is 0.495 e. The van der Waals surface area contributed by atoms with Crippen LogP contribution in [0, 0.1) is 23.7 Å². The van der Waals surface area contributed by atoms with Gasteiger partial charge in [-0.1, -0.05) is 51.1 Å². The molecule has 0 saturated carbocycles. The van der Waals surface area contributed by atoms with E-state index in [1.807, 2.05) is 12.1 Å². The first kappa shape index (κ1) is 29.6. The summed E-state index contributed by atoms with van der Waals surface area (Å²) >= 11 is 6.40. The molecule has 0 fully saturated rings. The van der Waals surface area contributed by atoms with Gasteiger partial charge in [0.1, 0.15) is 11.5 Å². The van der Waals surface area contributed by atoms with Crippen LogP contribution < -0.4 is 25.0 Å². The standard InChI is InChI=1S/C30H36ClN5O3/c1-19(2)17-36(18-20(3)4)25-11-10-24(14-26(25)38-6)35-30-33-15-21(16-34-30)8-9-22-12-23(29(37)32-5)13-27(39-7)28(22)31/h10-16,19-20H,17-18H2,1-7H3,(H,32,37)(H,33,34,35). The van der Waals surface area contributed by atoms with Gasteiger partial charge in [-0.05, 0) is 36.1 Å². The zero-order chi connectivity index (χ0) is 28.5. The molecule has 0 aliphatic carbocycles. The molecule has 1 heterocycles. The van der Waals surface area contributed by atoms with Crippen LogP contribution in [0.3, 0.4) is 0 Å². The van der Waals surface area contributed by atoms with Crippen LogP contribution >= 0.6 is 11.6 Å². The van der Waals surface area contributed by atoms with Gasteiger partial charge in [0.25, 0.3) is 5.91 Å². The van der Waals surface area contributed by atoms with Crippen molar-refractivity contribution in [1.29, 1.82) is 0 Å². The Hall–Kier alpha value is -3.96. The number of nitrogens with zero attached hydrogens (tertiary/aromatic N) is 3. The van der Waals surface area contributed by atoms with Gasteiger partial charge in [0.2, 0.25) is 5.95 Å². The highest BCUT2D eigenvalue weighted by Gasteiger charge is 2.16. The average Bonchev–Trinajstić information content (AvgIpc) is 2.91. The van der Waals surface area contributed by atoms with E-state index in [1.165, 1.54) is 7.11 Å². The predicted molar refractivity (Wildman–Crippen MR) is 158 cm³/mol. The first-order chi connectivity index (χ1) is 18.6. The van der Waals surface area contributed by atoms with Gasteiger partial charge in [-0.2, -0.15) is 0 Å². The highest BCUT2D eigenvalue weighted by Crippen LogP contribution is 2.33. The van der Waals surface area contributed by atoms with Crippen molar-refractivity contribution < 1.29 is 14.3 Å². The van der Waals surface area contributed by atoms with Crippen molar-refractivity contribution in [3.05, 3.63) is 64.4 Å². The molecule has 1 aromatic heterocycles. The van der Waals surface area contributed by atoms with Gasteiger partial charge in [-0.25, -0.2) is 9.97 Å². The van der Waals surface area contributed by atoms with Crippen LogP contribution in [0.1, 0.15) is 49.2 Å². The van der Waals surface area contributed by atoms with E-state index in [0.29, 0.717) is 45.2 Å². The van der Waals surface area contributed by atoms with Crippen LogP contribution in [0.5, 0.6) is 11.5 Å². The summed E-state index contributed by atoms with van der Waals surface area (Å²) in [5.74, 6) is 8.37. The molecule has 3 aromatic rings. The first-order valence-corrected chi connectivity index (χ1v) is 13.2. The Bertz CT molecular complexity index is 1340. The molecule has 0 saturated heterocycles. The molecular formula is C30H36ClN5O3. The molecule has 0 radical (unpaired) electrons. The molecule has 8 nitrogen and oxygen atoms in total. The number of nitrogens with one attached hydrogen (secondary N) is 2. The first-order valence-electron chi connectivity index (χ1n) is 12.8. The number of hydrogen-bond donors (Lipinski definition) is 2. The van der Waals surface area contributed by atoms with Crippen LogP contribution in [0.15, 0.2) is 42.7 Å². The number of carbonyl (C=O) groups excluding carboxylic acids is 1. The minimum absolute atomic E-state index is 0.260. The Balaban J connectivity index is 1.80. The highest BCUT2D eigenvalue weighted by atomic mass is 35.5. The molecule has 0 aliphatic rings. The number of anilines is 3. The van der Waals surface area contributed by atoms with Gasteiger partial charge < -0.3 is 25.0 Å². The maximum absolute atomic E-state index is 12.1. The average molecular weight is 550 g/mol. The number of rotatable bonds is 10. The normalized spacial score (nSPS) is 10.6. The molecular weight excluding hydrogens is 514 g/mol. The third kappa shape index (κ3) is 8.01. The third-order valence-electron chi connectivity index (χ3n) is 5.69. The summed E-state index contributed by atoms with van der Waals surface area (Å²) in [4.78, 5) is 23.2. The van der Waals surface area contributed by atoms with Crippen LogP contribution in [-0.4, -0.2) is 50.2 Å². The van der Waals surface area contributed by atoms with Crippen molar-refractivity contribution in [2.45, 2.75) is 27.7 Å². The molecule has 39 heavy (non-hydrogen) atoms. The van der Waals surface area contributed by atoms with Crippen LogP contribution in [0.4, 0.5) is 17.3 Å². The number of benzene rings is 2. The molecule has 0 unspecified atom stereocenters. The summed E-state index contributed by atoms with van der Waals surface area (Å²) in [5.41, 5.74) is 3.33. The fourth-order valence-electron chi connectivity index (χ4n) is 4.01. The Morgan fingerprint density at radius 2 is 1.62 bits per heavy atom. The van der Waals surface area contributed by atoms with Crippen molar-refractivity contribution in [2.75, 3.05) is 44.6 Å². The van der Waals surface area contributed by atoms with Crippen molar-refractivity contribution >= 4 is 34.8 Å². The minimum Gasteiger partial charge on any atom is -0.495 e. The molecule has 9 heteroatoms. The molecule has 2 aromatic carbocycles. The monoisotopic (exact) mass is 549 g/mol. The maximum Gasteiger partial charge on any atom is 0.251 e. The summed E-state index contributed by atoms with van der Waals surface area (Å²) in [7, 11) is 4.73. The highest BCUT2D eigenvalue weighted by molar-refractivity contribution is 6.33. The van der Waals surface area contributed by atoms with E-state index in [0.717, 1.165) is 30.2 Å². The zero-order valence-corrected chi connectivity index (χ0v) is 24.3. The number of amides is 1. The second-order valence-electron chi connectivity index (χ2n) is 9.87. The lowest BCUT2D eigenvalue weighted by atomic mass is 10.1. The smallest absolute Gasteiger partial charge is 0.251 e. The minimum atomic E-state index is -0.260. The number of aromatic nitrogens is 2. The van der Waals surface area contributed by atoms with Gasteiger partial charge in [-0.15, -0.1) is 0 Å². The summed E-state index contributed by atoms with van der Waals surface area (Å²) in [6.45, 7) is 10.8. The van der Waals surface area contributed by atoms with Gasteiger partial charge in [0, 0.05) is 55.4 Å². The Morgan fingerprint density at radius 3 is 2.18 bits per heavy atom. The lowest BCUT2D eigenvalue weighted by Gasteiger charge is -2.30. The summed E-state index contributed by atoms with van der Waals surface area (Å²) < 4.78 is 11.0. The van der Waals surface area contributed by atoms with Crippen molar-refractivity contribution in [3.8, 4) is 23.3 Å².